The van der Waals surface area contributed by atoms with Crippen molar-refractivity contribution in [2.75, 3.05) is 24.7 Å². The highest BCUT2D eigenvalue weighted by Crippen LogP contribution is 2.30. The molecule has 2 N–H and O–H groups in total. The Bertz CT molecular complexity index is 978. The summed E-state index contributed by atoms with van der Waals surface area (Å²) in [6, 6.07) is 6.08. The van der Waals surface area contributed by atoms with Gasteiger partial charge in [-0.2, -0.15) is 5.10 Å². The Morgan fingerprint density at radius 3 is 2.44 bits per heavy atom. The molecule has 146 valence electrons. The zero-order valence-electron chi connectivity index (χ0n) is 15.5. The summed E-state index contributed by atoms with van der Waals surface area (Å²) in [7, 11) is -3.63. The van der Waals surface area contributed by atoms with Crippen molar-refractivity contribution in [2.45, 2.75) is 31.4 Å². The molecule has 1 aromatic carbocycles. The standard InChI is InChI=1S/C18H23FN4O3S/c1-12-10-13(2)23(22-12)16-5-4-14(11-15(16)19)21-17(24)18(27(3,25)26)6-8-20-9-7-18/h4-5,10-11,20H,6-9H2,1-3H3,(H,21,24). The maximum Gasteiger partial charge on any atom is 0.245 e. The molecule has 1 saturated heterocycles. The Morgan fingerprint density at radius 2 is 1.93 bits per heavy atom. The predicted octanol–water partition coefficient (Wildman–Crippen LogP) is 1.73. The van der Waals surface area contributed by atoms with Crippen LogP contribution < -0.4 is 10.6 Å². The zero-order valence-corrected chi connectivity index (χ0v) is 16.4. The first-order chi connectivity index (χ1) is 12.6. The third kappa shape index (κ3) is 3.61. The molecule has 2 heterocycles. The van der Waals surface area contributed by atoms with E-state index in [1.807, 2.05) is 19.9 Å². The Hall–Kier alpha value is -2.26. The second-order valence-electron chi connectivity index (χ2n) is 6.98. The van der Waals surface area contributed by atoms with Crippen molar-refractivity contribution in [1.82, 2.24) is 15.1 Å². The number of hydrogen-bond donors (Lipinski definition) is 2. The van der Waals surface area contributed by atoms with Crippen molar-refractivity contribution in [1.29, 1.82) is 0 Å². The lowest BCUT2D eigenvalue weighted by Crippen LogP contribution is -2.55. The van der Waals surface area contributed by atoms with Crippen molar-refractivity contribution in [3.8, 4) is 5.69 Å². The number of benzene rings is 1. The summed E-state index contributed by atoms with van der Waals surface area (Å²) in [4.78, 5) is 12.8. The van der Waals surface area contributed by atoms with Gasteiger partial charge in [-0.15, -0.1) is 0 Å². The van der Waals surface area contributed by atoms with Gasteiger partial charge in [0.15, 0.2) is 20.4 Å². The molecule has 0 aliphatic carbocycles. The van der Waals surface area contributed by atoms with E-state index in [4.69, 9.17) is 0 Å². The number of carbonyl (C=O) groups is 1. The van der Waals surface area contributed by atoms with Crippen molar-refractivity contribution in [2.24, 2.45) is 0 Å². The first-order valence-electron chi connectivity index (χ1n) is 8.69. The molecular weight excluding hydrogens is 371 g/mol. The molecule has 3 rings (SSSR count). The third-order valence-corrected chi connectivity index (χ3v) is 6.99. The van der Waals surface area contributed by atoms with Gasteiger partial charge in [0.25, 0.3) is 0 Å². The van der Waals surface area contributed by atoms with Crippen LogP contribution in [-0.4, -0.2) is 48.2 Å². The molecule has 1 aliphatic rings. The molecule has 27 heavy (non-hydrogen) atoms. The van der Waals surface area contributed by atoms with E-state index in [1.54, 1.807) is 6.07 Å². The Kier molecular flexibility index (Phi) is 5.09. The average molecular weight is 394 g/mol. The van der Waals surface area contributed by atoms with Gasteiger partial charge in [0.1, 0.15) is 5.69 Å². The Labute approximate surface area is 157 Å². The van der Waals surface area contributed by atoms with Crippen LogP contribution in [0.2, 0.25) is 0 Å². The van der Waals surface area contributed by atoms with Gasteiger partial charge in [-0.25, -0.2) is 17.5 Å². The minimum atomic E-state index is -3.63. The lowest BCUT2D eigenvalue weighted by atomic mass is 9.95. The Balaban J connectivity index is 1.88. The van der Waals surface area contributed by atoms with E-state index in [0.29, 0.717) is 13.1 Å². The fraction of sp³-hybridized carbons (Fsp3) is 0.444. The maximum atomic E-state index is 14.6. The number of carbonyl (C=O) groups excluding carboxylic acids is 1. The number of aromatic nitrogens is 2. The molecular formula is C18H23FN4O3S. The van der Waals surface area contributed by atoms with Crippen LogP contribution in [0.3, 0.4) is 0 Å². The monoisotopic (exact) mass is 394 g/mol. The van der Waals surface area contributed by atoms with E-state index in [9.17, 15) is 17.6 Å². The smallest absolute Gasteiger partial charge is 0.245 e. The van der Waals surface area contributed by atoms with Gasteiger partial charge in [-0.05, 0) is 64.0 Å². The first kappa shape index (κ1) is 19.5. The highest BCUT2D eigenvalue weighted by Gasteiger charge is 2.48. The van der Waals surface area contributed by atoms with Crippen LogP contribution in [0, 0.1) is 19.7 Å². The molecule has 0 unspecified atom stereocenters. The van der Waals surface area contributed by atoms with Gasteiger partial charge in [0, 0.05) is 17.6 Å². The second kappa shape index (κ2) is 7.05. The van der Waals surface area contributed by atoms with Gasteiger partial charge in [0.2, 0.25) is 5.91 Å². The number of rotatable bonds is 4. The number of aryl methyl sites for hydroxylation is 2. The summed E-state index contributed by atoms with van der Waals surface area (Å²) >= 11 is 0. The molecule has 0 bridgehead atoms. The highest BCUT2D eigenvalue weighted by molar-refractivity contribution is 7.92. The van der Waals surface area contributed by atoms with Gasteiger partial charge in [0.05, 0.1) is 5.69 Å². The average Bonchev–Trinajstić information content (AvgIpc) is 2.92. The van der Waals surface area contributed by atoms with E-state index >= 15 is 0 Å². The molecule has 9 heteroatoms. The van der Waals surface area contributed by atoms with Crippen molar-refractivity contribution in [3.63, 3.8) is 0 Å². The number of nitrogens with zero attached hydrogens (tertiary/aromatic N) is 2. The number of sulfone groups is 1. The van der Waals surface area contributed by atoms with Crippen LogP contribution in [0.4, 0.5) is 10.1 Å². The van der Waals surface area contributed by atoms with Crippen LogP contribution in [-0.2, 0) is 14.6 Å². The lowest BCUT2D eigenvalue weighted by Gasteiger charge is -2.34. The summed E-state index contributed by atoms with van der Waals surface area (Å²) in [6.45, 7) is 4.51. The minimum absolute atomic E-state index is 0.185. The molecule has 2 aromatic rings. The van der Waals surface area contributed by atoms with E-state index < -0.39 is 26.3 Å². The molecule has 0 spiro atoms. The van der Waals surface area contributed by atoms with Crippen LogP contribution in [0.15, 0.2) is 24.3 Å². The number of anilines is 1. The normalized spacial score (nSPS) is 16.9. The molecule has 1 fully saturated rings. The number of halogens is 1. The Morgan fingerprint density at radius 1 is 1.26 bits per heavy atom. The summed E-state index contributed by atoms with van der Waals surface area (Å²) in [5, 5.41) is 9.89. The van der Waals surface area contributed by atoms with Crippen LogP contribution in [0.25, 0.3) is 5.69 Å². The van der Waals surface area contributed by atoms with Crippen molar-refractivity contribution >= 4 is 21.4 Å². The molecule has 0 saturated carbocycles. The van der Waals surface area contributed by atoms with E-state index in [2.05, 4.69) is 15.7 Å². The van der Waals surface area contributed by atoms with E-state index in [0.717, 1.165) is 17.6 Å². The highest BCUT2D eigenvalue weighted by atomic mass is 32.2. The fourth-order valence-corrected chi connectivity index (χ4v) is 4.80. The summed E-state index contributed by atoms with van der Waals surface area (Å²) in [5.41, 5.74) is 2.03. The number of amides is 1. The van der Waals surface area contributed by atoms with Crippen LogP contribution >= 0.6 is 0 Å². The number of piperidine rings is 1. The quantitative estimate of drug-likeness (QED) is 0.824. The molecule has 7 nitrogen and oxygen atoms in total. The van der Waals surface area contributed by atoms with Gasteiger partial charge < -0.3 is 10.6 Å². The fourth-order valence-electron chi connectivity index (χ4n) is 3.47. The second-order valence-corrected chi connectivity index (χ2v) is 9.30. The molecule has 1 amide bonds. The summed E-state index contributed by atoms with van der Waals surface area (Å²) in [6.07, 6.45) is 1.44. The number of hydrogen-bond acceptors (Lipinski definition) is 5. The summed E-state index contributed by atoms with van der Waals surface area (Å²) < 4.78 is 39.2. The largest absolute Gasteiger partial charge is 0.325 e. The summed E-state index contributed by atoms with van der Waals surface area (Å²) in [5.74, 6) is -1.18. The van der Waals surface area contributed by atoms with Gasteiger partial charge >= 0.3 is 0 Å². The molecule has 0 atom stereocenters. The predicted molar refractivity (Wildman–Crippen MR) is 101 cm³/mol. The first-order valence-corrected chi connectivity index (χ1v) is 10.6. The number of nitrogens with one attached hydrogen (secondary N) is 2. The van der Waals surface area contributed by atoms with Crippen LogP contribution in [0.5, 0.6) is 0 Å². The van der Waals surface area contributed by atoms with Crippen molar-refractivity contribution in [3.05, 3.63) is 41.5 Å². The van der Waals surface area contributed by atoms with Crippen molar-refractivity contribution < 1.29 is 17.6 Å². The minimum Gasteiger partial charge on any atom is -0.325 e. The maximum absolute atomic E-state index is 14.6. The third-order valence-electron chi connectivity index (χ3n) is 4.98. The molecule has 1 aromatic heterocycles. The van der Waals surface area contributed by atoms with Gasteiger partial charge in [-0.1, -0.05) is 0 Å². The topological polar surface area (TPSA) is 93.1 Å². The SMILES string of the molecule is Cc1cc(C)n(-c2ccc(NC(=O)C3(S(C)(=O)=O)CCNCC3)cc2F)n1. The lowest BCUT2D eigenvalue weighted by molar-refractivity contribution is -0.119. The van der Waals surface area contributed by atoms with E-state index in [-0.39, 0.29) is 24.2 Å². The molecule has 1 aliphatic heterocycles. The van der Waals surface area contributed by atoms with Crippen LogP contribution in [0.1, 0.15) is 24.2 Å². The molecule has 0 radical (unpaired) electrons. The van der Waals surface area contributed by atoms with E-state index in [1.165, 1.54) is 16.8 Å². The van der Waals surface area contributed by atoms with Gasteiger partial charge in [-0.3, -0.25) is 4.79 Å². The zero-order chi connectivity index (χ0) is 19.8.